The first-order valence-corrected chi connectivity index (χ1v) is 9.76. The van der Waals surface area contributed by atoms with Crippen LogP contribution in [0.2, 0.25) is 0 Å². The molecule has 8 heteroatoms. The van der Waals surface area contributed by atoms with E-state index in [1.807, 2.05) is 37.3 Å². The smallest absolute Gasteiger partial charge is 0.239 e. The molecule has 162 valence electrons. The Balaban J connectivity index is 1.79. The molecule has 1 unspecified atom stereocenters. The summed E-state index contributed by atoms with van der Waals surface area (Å²) in [6, 6.07) is 10.6. The van der Waals surface area contributed by atoms with Crippen molar-refractivity contribution in [3.8, 4) is 11.5 Å². The van der Waals surface area contributed by atoms with Gasteiger partial charge >= 0.3 is 0 Å². The number of hydrogen-bond donors (Lipinski definition) is 2. The lowest BCUT2D eigenvalue weighted by Crippen LogP contribution is -2.46. The average molecular weight is 415 g/mol. The number of aryl methyl sites for hydroxylation is 1. The topological polar surface area (TPSA) is 92.8 Å². The number of nitrogens with one attached hydrogen (secondary N) is 2. The van der Waals surface area contributed by atoms with E-state index in [1.54, 1.807) is 39.2 Å². The van der Waals surface area contributed by atoms with Crippen molar-refractivity contribution in [2.75, 3.05) is 39.7 Å². The van der Waals surface area contributed by atoms with Crippen LogP contribution in [0.1, 0.15) is 18.2 Å². The van der Waals surface area contributed by atoms with Crippen LogP contribution >= 0.6 is 0 Å². The summed E-state index contributed by atoms with van der Waals surface area (Å²) < 4.78 is 10.5. The van der Waals surface area contributed by atoms with Gasteiger partial charge in [-0.25, -0.2) is 4.98 Å². The quantitative estimate of drug-likeness (QED) is 0.618. The van der Waals surface area contributed by atoms with Crippen LogP contribution in [0, 0.1) is 6.92 Å². The number of rotatable bonds is 10. The predicted molar refractivity (Wildman–Crippen MR) is 116 cm³/mol. The van der Waals surface area contributed by atoms with Crippen LogP contribution in [0.4, 0.5) is 5.82 Å². The van der Waals surface area contributed by atoms with Crippen molar-refractivity contribution in [2.45, 2.75) is 26.3 Å². The highest BCUT2D eigenvalue weighted by Crippen LogP contribution is 2.27. The molecule has 1 aromatic carbocycles. The minimum Gasteiger partial charge on any atom is -0.493 e. The fraction of sp³-hybridized carbons (Fsp3) is 0.409. The highest BCUT2D eigenvalue weighted by Gasteiger charge is 2.20. The third-order valence-electron chi connectivity index (χ3n) is 4.75. The van der Waals surface area contributed by atoms with Crippen molar-refractivity contribution < 1.29 is 19.1 Å². The van der Waals surface area contributed by atoms with E-state index in [2.05, 4.69) is 15.6 Å². The Morgan fingerprint density at radius 1 is 1.13 bits per heavy atom. The van der Waals surface area contributed by atoms with Crippen molar-refractivity contribution >= 4 is 17.6 Å². The summed E-state index contributed by atoms with van der Waals surface area (Å²) in [5.41, 5.74) is 1.85. The second-order valence-electron chi connectivity index (χ2n) is 7.03. The van der Waals surface area contributed by atoms with Gasteiger partial charge in [0, 0.05) is 12.2 Å². The molecule has 1 heterocycles. The molecule has 2 N–H and O–H groups in total. The van der Waals surface area contributed by atoms with Crippen LogP contribution in [-0.2, 0) is 16.0 Å². The second-order valence-corrected chi connectivity index (χ2v) is 7.03. The number of benzene rings is 1. The fourth-order valence-electron chi connectivity index (χ4n) is 2.87. The maximum absolute atomic E-state index is 12.4. The molecule has 0 aliphatic rings. The molecule has 1 atom stereocenters. The molecule has 0 saturated carbocycles. The van der Waals surface area contributed by atoms with E-state index in [4.69, 9.17) is 9.47 Å². The first-order chi connectivity index (χ1) is 14.3. The Hall–Kier alpha value is -3.13. The van der Waals surface area contributed by atoms with E-state index in [9.17, 15) is 9.59 Å². The Morgan fingerprint density at radius 2 is 1.87 bits per heavy atom. The monoisotopic (exact) mass is 414 g/mol. The van der Waals surface area contributed by atoms with Crippen LogP contribution in [0.5, 0.6) is 11.5 Å². The first-order valence-electron chi connectivity index (χ1n) is 9.76. The van der Waals surface area contributed by atoms with Crippen molar-refractivity contribution in [2.24, 2.45) is 0 Å². The van der Waals surface area contributed by atoms with Crippen LogP contribution in [0.15, 0.2) is 36.4 Å². The summed E-state index contributed by atoms with van der Waals surface area (Å²) in [5, 5.41) is 5.66. The maximum Gasteiger partial charge on any atom is 0.239 e. The van der Waals surface area contributed by atoms with E-state index in [-0.39, 0.29) is 18.4 Å². The number of likely N-dealkylation sites (N-methyl/N-ethyl adjacent to an activating group) is 1. The molecule has 0 aliphatic heterocycles. The van der Waals surface area contributed by atoms with Gasteiger partial charge in [-0.3, -0.25) is 14.5 Å². The average Bonchev–Trinajstić information content (AvgIpc) is 2.72. The van der Waals surface area contributed by atoms with Crippen LogP contribution < -0.4 is 20.1 Å². The van der Waals surface area contributed by atoms with Gasteiger partial charge in [0.1, 0.15) is 5.82 Å². The Labute approximate surface area is 177 Å². The van der Waals surface area contributed by atoms with Gasteiger partial charge in [0.15, 0.2) is 11.5 Å². The molecule has 0 saturated heterocycles. The van der Waals surface area contributed by atoms with Gasteiger partial charge < -0.3 is 20.1 Å². The Kier molecular flexibility index (Phi) is 8.61. The van der Waals surface area contributed by atoms with E-state index in [1.165, 1.54) is 0 Å². The van der Waals surface area contributed by atoms with Crippen LogP contribution in [0.25, 0.3) is 0 Å². The molecule has 1 aromatic heterocycles. The first kappa shape index (κ1) is 23.2. The predicted octanol–water partition coefficient (Wildman–Crippen LogP) is 2.02. The number of aromatic nitrogens is 1. The highest BCUT2D eigenvalue weighted by atomic mass is 16.5. The largest absolute Gasteiger partial charge is 0.493 e. The van der Waals surface area contributed by atoms with Gasteiger partial charge in [0.05, 0.1) is 26.8 Å². The number of amides is 2. The van der Waals surface area contributed by atoms with Crippen molar-refractivity contribution in [3.05, 3.63) is 47.7 Å². The molecule has 30 heavy (non-hydrogen) atoms. The zero-order chi connectivity index (χ0) is 22.1. The highest BCUT2D eigenvalue weighted by molar-refractivity contribution is 5.92. The minimum atomic E-state index is -0.452. The van der Waals surface area contributed by atoms with Gasteiger partial charge in [0.25, 0.3) is 0 Å². The number of hydrogen-bond acceptors (Lipinski definition) is 6. The van der Waals surface area contributed by atoms with Gasteiger partial charge in [-0.15, -0.1) is 0 Å². The molecule has 0 spiro atoms. The summed E-state index contributed by atoms with van der Waals surface area (Å²) in [6.07, 6.45) is 0.655. The molecular weight excluding hydrogens is 384 g/mol. The van der Waals surface area contributed by atoms with Crippen molar-refractivity contribution in [1.29, 1.82) is 0 Å². The fourth-order valence-corrected chi connectivity index (χ4v) is 2.87. The van der Waals surface area contributed by atoms with Crippen molar-refractivity contribution in [1.82, 2.24) is 15.2 Å². The minimum absolute atomic E-state index is 0.0832. The van der Waals surface area contributed by atoms with Gasteiger partial charge in [0.2, 0.25) is 11.8 Å². The van der Waals surface area contributed by atoms with E-state index >= 15 is 0 Å². The molecule has 2 aromatic rings. The molecule has 0 fully saturated rings. The summed E-state index contributed by atoms with van der Waals surface area (Å²) in [6.45, 7) is 4.19. The molecule has 8 nitrogen and oxygen atoms in total. The Bertz CT molecular complexity index is 872. The van der Waals surface area contributed by atoms with Crippen LogP contribution in [-0.4, -0.2) is 62.1 Å². The van der Waals surface area contributed by atoms with Crippen molar-refractivity contribution in [3.63, 3.8) is 0 Å². The normalized spacial score (nSPS) is 11.7. The molecule has 2 rings (SSSR count). The number of nitrogens with zero attached hydrogens (tertiary/aromatic N) is 2. The zero-order valence-corrected chi connectivity index (χ0v) is 18.2. The number of carbonyl (C=O) groups is 2. The third kappa shape index (κ3) is 6.73. The van der Waals surface area contributed by atoms with E-state index < -0.39 is 6.04 Å². The summed E-state index contributed by atoms with van der Waals surface area (Å²) >= 11 is 0. The second kappa shape index (κ2) is 11.2. The lowest BCUT2D eigenvalue weighted by atomic mass is 10.1. The number of pyridine rings is 1. The number of anilines is 1. The number of methoxy groups -OCH3 is 2. The molecular formula is C22H30N4O4. The summed E-state index contributed by atoms with van der Waals surface area (Å²) in [5.74, 6) is 1.46. The molecule has 0 radical (unpaired) electrons. The third-order valence-corrected chi connectivity index (χ3v) is 4.75. The lowest BCUT2D eigenvalue weighted by Gasteiger charge is -2.23. The SMILES string of the molecule is COc1ccc(CCNC(=O)C(C)N(C)CC(=O)Nc2cccc(C)n2)cc1OC. The van der Waals surface area contributed by atoms with E-state index in [0.29, 0.717) is 30.3 Å². The van der Waals surface area contributed by atoms with Gasteiger partial charge in [-0.1, -0.05) is 12.1 Å². The lowest BCUT2D eigenvalue weighted by molar-refractivity contribution is -0.126. The summed E-state index contributed by atoms with van der Waals surface area (Å²) in [7, 11) is 4.92. The van der Waals surface area contributed by atoms with Crippen LogP contribution in [0.3, 0.4) is 0 Å². The molecule has 0 bridgehead atoms. The zero-order valence-electron chi connectivity index (χ0n) is 18.2. The standard InChI is InChI=1S/C22H30N4O4/c1-15-7-6-8-20(24-15)25-21(27)14-26(3)16(2)22(28)23-12-11-17-9-10-18(29-4)19(13-17)30-5/h6-10,13,16H,11-12,14H2,1-5H3,(H,23,28)(H,24,25,27). The number of carbonyl (C=O) groups excluding carboxylic acids is 2. The summed E-state index contributed by atoms with van der Waals surface area (Å²) in [4.78, 5) is 30.6. The maximum atomic E-state index is 12.4. The molecule has 0 aliphatic carbocycles. The van der Waals surface area contributed by atoms with Gasteiger partial charge in [-0.05, 0) is 57.1 Å². The number of ether oxygens (including phenoxy) is 2. The Morgan fingerprint density at radius 3 is 2.53 bits per heavy atom. The van der Waals surface area contributed by atoms with E-state index in [0.717, 1.165) is 11.3 Å². The molecule has 2 amide bonds. The van der Waals surface area contributed by atoms with Gasteiger partial charge in [-0.2, -0.15) is 0 Å².